The van der Waals surface area contributed by atoms with Gasteiger partial charge in [0.15, 0.2) is 0 Å². The minimum atomic E-state index is 0.687. The zero-order valence-corrected chi connectivity index (χ0v) is 9.17. The summed E-state index contributed by atoms with van der Waals surface area (Å²) in [5.41, 5.74) is 1.70. The summed E-state index contributed by atoms with van der Waals surface area (Å²) in [6.07, 6.45) is 2.00. The molecule has 17 heavy (non-hydrogen) atoms. The van der Waals surface area contributed by atoms with Crippen LogP contribution in [0.4, 0.5) is 0 Å². The van der Waals surface area contributed by atoms with E-state index < -0.39 is 0 Å². The first kappa shape index (κ1) is 9.68. The van der Waals surface area contributed by atoms with Crippen molar-refractivity contribution in [3.63, 3.8) is 0 Å². The third-order valence-electron chi connectivity index (χ3n) is 2.87. The molecule has 0 aliphatic heterocycles. The maximum Gasteiger partial charge on any atom is 0.132 e. The quantitative estimate of drug-likeness (QED) is 0.614. The standard InChI is InChI=1S/C15H10N2/c16-10-15-14-9-5-4-6-12(14)11-17(15)13-7-2-1-3-8-13/h1-9,11H. The van der Waals surface area contributed by atoms with Gasteiger partial charge in [-0.15, -0.1) is 0 Å². The van der Waals surface area contributed by atoms with Gasteiger partial charge in [-0.05, 0) is 12.1 Å². The normalized spacial score (nSPS) is 10.3. The highest BCUT2D eigenvalue weighted by Crippen LogP contribution is 2.23. The molecule has 0 spiro atoms. The topological polar surface area (TPSA) is 28.7 Å². The summed E-state index contributed by atoms with van der Waals surface area (Å²) < 4.78 is 1.94. The average Bonchev–Trinajstić information content (AvgIpc) is 2.78. The fourth-order valence-corrected chi connectivity index (χ4v) is 2.06. The van der Waals surface area contributed by atoms with Crippen LogP contribution in [0.1, 0.15) is 5.69 Å². The molecule has 0 bridgehead atoms. The lowest BCUT2D eigenvalue weighted by atomic mass is 10.2. The van der Waals surface area contributed by atoms with Gasteiger partial charge in [0.05, 0.1) is 0 Å². The Labute approximate surface area is 99.3 Å². The van der Waals surface area contributed by atoms with Gasteiger partial charge >= 0.3 is 0 Å². The number of aromatic nitrogens is 1. The Bertz CT molecular complexity index is 703. The minimum absolute atomic E-state index is 0.687. The smallest absolute Gasteiger partial charge is 0.132 e. The number of nitriles is 1. The lowest BCUT2D eigenvalue weighted by Gasteiger charge is -2.03. The summed E-state index contributed by atoms with van der Waals surface area (Å²) >= 11 is 0. The largest absolute Gasteiger partial charge is 0.307 e. The Balaban J connectivity index is 2.35. The van der Waals surface area contributed by atoms with E-state index in [1.165, 1.54) is 0 Å². The van der Waals surface area contributed by atoms with E-state index in [2.05, 4.69) is 6.07 Å². The Morgan fingerprint density at radius 2 is 1.59 bits per heavy atom. The lowest BCUT2D eigenvalue weighted by molar-refractivity contribution is 1.06. The van der Waals surface area contributed by atoms with E-state index in [1.807, 2.05) is 65.4 Å². The molecule has 0 radical (unpaired) electrons. The van der Waals surface area contributed by atoms with E-state index in [0.29, 0.717) is 5.69 Å². The van der Waals surface area contributed by atoms with Crippen molar-refractivity contribution in [2.24, 2.45) is 0 Å². The first-order chi connectivity index (χ1) is 8.40. The van der Waals surface area contributed by atoms with Crippen LogP contribution in [0.25, 0.3) is 16.5 Å². The van der Waals surface area contributed by atoms with Gasteiger partial charge < -0.3 is 4.57 Å². The fourth-order valence-electron chi connectivity index (χ4n) is 2.06. The van der Waals surface area contributed by atoms with Crippen LogP contribution in [0.3, 0.4) is 0 Å². The molecular weight excluding hydrogens is 208 g/mol. The van der Waals surface area contributed by atoms with Gasteiger partial charge in [-0.1, -0.05) is 42.5 Å². The van der Waals surface area contributed by atoms with Gasteiger partial charge in [-0.25, -0.2) is 0 Å². The molecule has 0 amide bonds. The van der Waals surface area contributed by atoms with E-state index in [-0.39, 0.29) is 0 Å². The van der Waals surface area contributed by atoms with Gasteiger partial charge in [-0.2, -0.15) is 5.26 Å². The van der Waals surface area contributed by atoms with Crippen LogP contribution in [0.15, 0.2) is 60.8 Å². The van der Waals surface area contributed by atoms with Crippen molar-refractivity contribution in [3.8, 4) is 11.8 Å². The van der Waals surface area contributed by atoms with Gasteiger partial charge in [-0.3, -0.25) is 0 Å². The molecule has 0 N–H and O–H groups in total. The maximum absolute atomic E-state index is 9.30. The van der Waals surface area contributed by atoms with Crippen molar-refractivity contribution < 1.29 is 0 Å². The fraction of sp³-hybridized carbons (Fsp3) is 0. The van der Waals surface area contributed by atoms with Crippen LogP contribution >= 0.6 is 0 Å². The monoisotopic (exact) mass is 218 g/mol. The molecule has 3 aromatic rings. The maximum atomic E-state index is 9.30. The van der Waals surface area contributed by atoms with E-state index in [4.69, 9.17) is 0 Å². The number of hydrogen-bond acceptors (Lipinski definition) is 1. The van der Waals surface area contributed by atoms with Crippen LogP contribution in [0, 0.1) is 11.3 Å². The zero-order chi connectivity index (χ0) is 11.7. The molecule has 0 atom stereocenters. The second-order valence-corrected chi connectivity index (χ2v) is 3.88. The van der Waals surface area contributed by atoms with Crippen LogP contribution in [-0.2, 0) is 0 Å². The Morgan fingerprint density at radius 3 is 2.35 bits per heavy atom. The highest BCUT2D eigenvalue weighted by molar-refractivity contribution is 5.88. The molecular formula is C15H10N2. The van der Waals surface area contributed by atoms with Crippen molar-refractivity contribution in [3.05, 3.63) is 66.5 Å². The third-order valence-corrected chi connectivity index (χ3v) is 2.87. The SMILES string of the molecule is N#Cc1c2ccccc2cn1-c1ccccc1. The highest BCUT2D eigenvalue weighted by atomic mass is 15.0. The summed E-state index contributed by atoms with van der Waals surface area (Å²) in [6, 6.07) is 20.1. The molecule has 0 aliphatic carbocycles. The Morgan fingerprint density at radius 1 is 0.882 bits per heavy atom. The average molecular weight is 218 g/mol. The summed E-state index contributed by atoms with van der Waals surface area (Å²) in [4.78, 5) is 0. The molecule has 1 aromatic heterocycles. The molecule has 0 aliphatic rings. The first-order valence-electron chi connectivity index (χ1n) is 5.46. The molecule has 3 rings (SSSR count). The molecule has 0 saturated carbocycles. The van der Waals surface area contributed by atoms with Crippen molar-refractivity contribution in [1.82, 2.24) is 4.57 Å². The van der Waals surface area contributed by atoms with Crippen LogP contribution in [-0.4, -0.2) is 4.57 Å². The lowest BCUT2D eigenvalue weighted by Crippen LogP contribution is -1.94. The van der Waals surface area contributed by atoms with Crippen molar-refractivity contribution in [2.75, 3.05) is 0 Å². The number of nitrogens with zero attached hydrogens (tertiary/aromatic N) is 2. The van der Waals surface area contributed by atoms with Crippen molar-refractivity contribution in [2.45, 2.75) is 0 Å². The number of hydrogen-bond donors (Lipinski definition) is 0. The molecule has 2 nitrogen and oxygen atoms in total. The molecule has 1 heterocycles. The predicted molar refractivity (Wildman–Crippen MR) is 68.0 cm³/mol. The molecule has 80 valence electrons. The van der Waals surface area contributed by atoms with Crippen LogP contribution in [0.2, 0.25) is 0 Å². The summed E-state index contributed by atoms with van der Waals surface area (Å²) in [7, 11) is 0. The number of fused-ring (bicyclic) bond motifs is 1. The van der Waals surface area contributed by atoms with E-state index in [9.17, 15) is 5.26 Å². The van der Waals surface area contributed by atoms with E-state index >= 15 is 0 Å². The summed E-state index contributed by atoms with van der Waals surface area (Å²) in [6.45, 7) is 0. The van der Waals surface area contributed by atoms with Gasteiger partial charge in [0.25, 0.3) is 0 Å². The van der Waals surface area contributed by atoms with Crippen molar-refractivity contribution in [1.29, 1.82) is 5.26 Å². The second-order valence-electron chi connectivity index (χ2n) is 3.88. The molecule has 0 unspecified atom stereocenters. The number of para-hydroxylation sites is 1. The van der Waals surface area contributed by atoms with Crippen LogP contribution in [0.5, 0.6) is 0 Å². The highest BCUT2D eigenvalue weighted by Gasteiger charge is 2.08. The molecule has 2 aromatic carbocycles. The molecule has 0 saturated heterocycles. The Kier molecular flexibility index (Phi) is 2.16. The molecule has 2 heteroatoms. The van der Waals surface area contributed by atoms with Gasteiger partial charge in [0, 0.05) is 22.7 Å². The summed E-state index contributed by atoms with van der Waals surface area (Å²) in [5, 5.41) is 11.4. The summed E-state index contributed by atoms with van der Waals surface area (Å²) in [5.74, 6) is 0. The minimum Gasteiger partial charge on any atom is -0.307 e. The first-order valence-corrected chi connectivity index (χ1v) is 5.46. The number of benzene rings is 2. The van der Waals surface area contributed by atoms with Gasteiger partial charge in [0.2, 0.25) is 0 Å². The Hall–Kier alpha value is -2.53. The third kappa shape index (κ3) is 1.49. The van der Waals surface area contributed by atoms with E-state index in [1.54, 1.807) is 0 Å². The van der Waals surface area contributed by atoms with Crippen LogP contribution < -0.4 is 0 Å². The molecule has 0 fully saturated rings. The zero-order valence-electron chi connectivity index (χ0n) is 9.17. The second kappa shape index (κ2) is 3.80. The van der Waals surface area contributed by atoms with E-state index in [0.717, 1.165) is 16.5 Å². The van der Waals surface area contributed by atoms with Gasteiger partial charge in [0.1, 0.15) is 11.8 Å². The number of rotatable bonds is 1. The predicted octanol–water partition coefficient (Wildman–Crippen LogP) is 3.50. The van der Waals surface area contributed by atoms with Crippen molar-refractivity contribution >= 4 is 10.8 Å².